The van der Waals surface area contributed by atoms with Crippen molar-refractivity contribution in [3.05, 3.63) is 69.7 Å². The molecule has 1 N–H and O–H groups in total. The molecule has 0 aliphatic carbocycles. The number of nitrogens with zero attached hydrogens (tertiary/aromatic N) is 1. The van der Waals surface area contributed by atoms with Gasteiger partial charge in [-0.1, -0.05) is 53.1 Å². The summed E-state index contributed by atoms with van der Waals surface area (Å²) < 4.78 is 0. The first-order chi connectivity index (χ1) is 14.4. The van der Waals surface area contributed by atoms with Gasteiger partial charge in [0.2, 0.25) is 11.8 Å². The Morgan fingerprint density at radius 3 is 2.16 bits per heavy atom. The molecule has 31 heavy (non-hydrogen) atoms. The summed E-state index contributed by atoms with van der Waals surface area (Å²) >= 11 is 7.57. The summed E-state index contributed by atoms with van der Waals surface area (Å²) in [7, 11) is 0. The van der Waals surface area contributed by atoms with Gasteiger partial charge in [0.1, 0.15) is 6.04 Å². The van der Waals surface area contributed by atoms with E-state index in [1.807, 2.05) is 32.9 Å². The average Bonchev–Trinajstić information content (AvgIpc) is 2.64. The highest BCUT2D eigenvalue weighted by Crippen LogP contribution is 2.19. The molecular formula is C25H33ClN2O2S. The molecule has 0 radical (unpaired) electrons. The van der Waals surface area contributed by atoms with Gasteiger partial charge in [-0.15, -0.1) is 11.8 Å². The SMILES string of the molecule is Cc1cc(C)cc(CSCC(=O)N(Cc2ccc(Cl)cc2)C(C)C(=O)NC(C)(C)C)c1. The average molecular weight is 461 g/mol. The summed E-state index contributed by atoms with van der Waals surface area (Å²) in [6, 6.07) is 13.2. The van der Waals surface area contributed by atoms with Crippen molar-refractivity contribution in [3.8, 4) is 0 Å². The minimum Gasteiger partial charge on any atom is -0.350 e. The number of hydrogen-bond acceptors (Lipinski definition) is 3. The van der Waals surface area contributed by atoms with Crippen molar-refractivity contribution in [1.82, 2.24) is 10.2 Å². The molecule has 1 unspecified atom stereocenters. The van der Waals surface area contributed by atoms with Gasteiger partial charge in [-0.3, -0.25) is 9.59 Å². The lowest BCUT2D eigenvalue weighted by molar-refractivity contribution is -0.139. The second kappa shape index (κ2) is 11.1. The summed E-state index contributed by atoms with van der Waals surface area (Å²) in [5, 5.41) is 3.63. The molecule has 6 heteroatoms. The van der Waals surface area contributed by atoms with Crippen molar-refractivity contribution in [1.29, 1.82) is 0 Å². The van der Waals surface area contributed by atoms with Crippen molar-refractivity contribution in [3.63, 3.8) is 0 Å². The number of thioether (sulfide) groups is 1. The van der Waals surface area contributed by atoms with Crippen LogP contribution in [0, 0.1) is 13.8 Å². The zero-order valence-electron chi connectivity index (χ0n) is 19.3. The van der Waals surface area contributed by atoms with E-state index in [4.69, 9.17) is 11.6 Å². The van der Waals surface area contributed by atoms with E-state index in [0.29, 0.717) is 17.3 Å². The molecule has 168 valence electrons. The van der Waals surface area contributed by atoms with Crippen LogP contribution < -0.4 is 5.32 Å². The Morgan fingerprint density at radius 1 is 1.03 bits per heavy atom. The quantitative estimate of drug-likeness (QED) is 0.564. The van der Waals surface area contributed by atoms with Crippen LogP contribution in [0.5, 0.6) is 0 Å². The van der Waals surface area contributed by atoms with Gasteiger partial charge in [0.15, 0.2) is 0 Å². The van der Waals surface area contributed by atoms with Crippen LogP contribution >= 0.6 is 23.4 Å². The largest absolute Gasteiger partial charge is 0.350 e. The number of halogens is 1. The molecule has 0 saturated carbocycles. The van der Waals surface area contributed by atoms with Gasteiger partial charge in [0.25, 0.3) is 0 Å². The summed E-state index contributed by atoms with van der Waals surface area (Å²) in [6.07, 6.45) is 0. The Morgan fingerprint density at radius 2 is 1.61 bits per heavy atom. The molecule has 0 heterocycles. The Labute approximate surface area is 195 Å². The lowest BCUT2D eigenvalue weighted by atomic mass is 10.1. The smallest absolute Gasteiger partial charge is 0.242 e. The van der Waals surface area contributed by atoms with E-state index in [0.717, 1.165) is 11.3 Å². The van der Waals surface area contributed by atoms with Crippen molar-refractivity contribution < 1.29 is 9.59 Å². The maximum absolute atomic E-state index is 13.1. The summed E-state index contributed by atoms with van der Waals surface area (Å²) in [5.74, 6) is 0.856. The monoisotopic (exact) mass is 460 g/mol. The predicted molar refractivity (Wildman–Crippen MR) is 131 cm³/mol. The van der Waals surface area contributed by atoms with Crippen LogP contribution in [0.25, 0.3) is 0 Å². The second-order valence-electron chi connectivity index (χ2n) is 9.05. The molecule has 0 fully saturated rings. The number of amides is 2. The number of hydrogen-bond donors (Lipinski definition) is 1. The maximum Gasteiger partial charge on any atom is 0.242 e. The Bertz CT molecular complexity index is 886. The van der Waals surface area contributed by atoms with Crippen LogP contribution in [0.1, 0.15) is 49.9 Å². The number of aryl methyl sites for hydroxylation is 2. The third kappa shape index (κ3) is 8.58. The van der Waals surface area contributed by atoms with E-state index >= 15 is 0 Å². The molecule has 0 aromatic heterocycles. The standard InChI is InChI=1S/C25H33ClN2O2S/c1-17-11-18(2)13-21(12-17)15-31-16-23(29)28(14-20-7-9-22(26)10-8-20)19(3)24(30)27-25(4,5)6/h7-13,19H,14-16H2,1-6H3,(H,27,30). The Balaban J connectivity index is 2.10. The van der Waals surface area contributed by atoms with Crippen molar-refractivity contribution >= 4 is 35.2 Å². The van der Waals surface area contributed by atoms with Crippen LogP contribution in [0.2, 0.25) is 5.02 Å². The minimum atomic E-state index is -0.579. The zero-order valence-corrected chi connectivity index (χ0v) is 20.9. The molecule has 0 bridgehead atoms. The maximum atomic E-state index is 13.1. The second-order valence-corrected chi connectivity index (χ2v) is 10.5. The van der Waals surface area contributed by atoms with E-state index in [1.165, 1.54) is 16.7 Å². The first-order valence-electron chi connectivity index (χ1n) is 10.5. The van der Waals surface area contributed by atoms with Gasteiger partial charge < -0.3 is 10.2 Å². The van der Waals surface area contributed by atoms with Gasteiger partial charge >= 0.3 is 0 Å². The van der Waals surface area contributed by atoms with E-state index < -0.39 is 6.04 Å². The molecule has 4 nitrogen and oxygen atoms in total. The third-order valence-electron chi connectivity index (χ3n) is 4.71. The summed E-state index contributed by atoms with van der Waals surface area (Å²) in [6.45, 7) is 12.1. The highest BCUT2D eigenvalue weighted by atomic mass is 35.5. The van der Waals surface area contributed by atoms with Gasteiger partial charge in [-0.05, 0) is 64.8 Å². The van der Waals surface area contributed by atoms with Gasteiger partial charge in [-0.2, -0.15) is 0 Å². The number of carbonyl (C=O) groups excluding carboxylic acids is 2. The highest BCUT2D eigenvalue weighted by molar-refractivity contribution is 7.99. The van der Waals surface area contributed by atoms with Crippen LogP contribution in [0.15, 0.2) is 42.5 Å². The fraction of sp³-hybridized carbons (Fsp3) is 0.440. The molecule has 0 spiro atoms. The number of rotatable bonds is 8. The molecular weight excluding hydrogens is 428 g/mol. The van der Waals surface area contributed by atoms with Gasteiger partial charge in [-0.25, -0.2) is 0 Å². The fourth-order valence-corrected chi connectivity index (χ4v) is 4.31. The fourth-order valence-electron chi connectivity index (χ4n) is 3.33. The van der Waals surface area contributed by atoms with Crippen LogP contribution in [0.3, 0.4) is 0 Å². The van der Waals surface area contributed by atoms with E-state index in [9.17, 15) is 9.59 Å². The molecule has 2 amide bonds. The van der Waals surface area contributed by atoms with Crippen LogP contribution in [0.4, 0.5) is 0 Å². The molecule has 0 aliphatic heterocycles. The van der Waals surface area contributed by atoms with Crippen LogP contribution in [-0.4, -0.2) is 34.0 Å². The first-order valence-corrected chi connectivity index (χ1v) is 12.0. The lowest BCUT2D eigenvalue weighted by Gasteiger charge is -2.31. The van der Waals surface area contributed by atoms with E-state index in [2.05, 4.69) is 37.4 Å². The Kier molecular flexibility index (Phi) is 9.01. The van der Waals surface area contributed by atoms with Crippen molar-refractivity contribution in [2.75, 3.05) is 5.75 Å². The topological polar surface area (TPSA) is 49.4 Å². The number of benzene rings is 2. The number of carbonyl (C=O) groups is 2. The minimum absolute atomic E-state index is 0.0547. The zero-order chi connectivity index (χ0) is 23.2. The van der Waals surface area contributed by atoms with Crippen LogP contribution in [-0.2, 0) is 21.9 Å². The lowest BCUT2D eigenvalue weighted by Crippen LogP contribution is -2.52. The Hall–Kier alpha value is -1.98. The summed E-state index contributed by atoms with van der Waals surface area (Å²) in [4.78, 5) is 27.6. The molecule has 2 rings (SSSR count). The highest BCUT2D eigenvalue weighted by Gasteiger charge is 2.28. The van der Waals surface area contributed by atoms with Gasteiger partial charge in [0, 0.05) is 22.9 Å². The number of nitrogens with one attached hydrogen (secondary N) is 1. The van der Waals surface area contributed by atoms with Crippen molar-refractivity contribution in [2.45, 2.75) is 65.4 Å². The molecule has 2 aromatic carbocycles. The van der Waals surface area contributed by atoms with E-state index in [-0.39, 0.29) is 17.4 Å². The predicted octanol–water partition coefficient (Wildman–Crippen LogP) is 5.52. The summed E-state index contributed by atoms with van der Waals surface area (Å²) in [5.41, 5.74) is 4.22. The van der Waals surface area contributed by atoms with E-state index in [1.54, 1.807) is 35.7 Å². The van der Waals surface area contributed by atoms with Crippen molar-refractivity contribution in [2.24, 2.45) is 0 Å². The first kappa shape index (κ1) is 25.3. The third-order valence-corrected chi connectivity index (χ3v) is 5.95. The molecule has 1 atom stereocenters. The van der Waals surface area contributed by atoms with Gasteiger partial charge in [0.05, 0.1) is 5.75 Å². The molecule has 2 aromatic rings. The normalized spacial score (nSPS) is 12.4. The molecule has 0 aliphatic rings. The molecule has 0 saturated heterocycles.